The summed E-state index contributed by atoms with van der Waals surface area (Å²) in [5.41, 5.74) is 4.33. The van der Waals surface area contributed by atoms with Crippen LogP contribution in [0.15, 0.2) is 22.4 Å². The number of aryl methyl sites for hydroxylation is 2. The monoisotopic (exact) mass is 358 g/mol. The van der Waals surface area contributed by atoms with Crippen LogP contribution in [0.1, 0.15) is 47.1 Å². The van der Waals surface area contributed by atoms with Gasteiger partial charge in [0.25, 0.3) is 0 Å². The van der Waals surface area contributed by atoms with Crippen molar-refractivity contribution in [1.29, 1.82) is 0 Å². The van der Waals surface area contributed by atoms with Crippen LogP contribution in [0, 0.1) is 13.8 Å². The molecular formula is C18H22N4O2S. The molecule has 1 aromatic heterocycles. The summed E-state index contributed by atoms with van der Waals surface area (Å²) in [5, 5.41) is 17.7. The predicted molar refractivity (Wildman–Crippen MR) is 100 cm³/mol. The molecule has 1 atom stereocenters. The van der Waals surface area contributed by atoms with E-state index in [2.05, 4.69) is 59.5 Å². The molecule has 2 aromatic rings. The summed E-state index contributed by atoms with van der Waals surface area (Å²) >= 11 is 1.13. The van der Waals surface area contributed by atoms with Gasteiger partial charge in [0.2, 0.25) is 5.82 Å². The first-order valence-corrected chi connectivity index (χ1v) is 8.91. The number of likely N-dealkylation sites (N-methyl/N-ethyl adjacent to an activating group) is 1. The number of fused-ring (bicyclic) bond motifs is 1. The van der Waals surface area contributed by atoms with Crippen LogP contribution in [0.25, 0.3) is 0 Å². The van der Waals surface area contributed by atoms with Gasteiger partial charge in [-0.25, -0.2) is 4.79 Å². The highest BCUT2D eigenvalue weighted by molar-refractivity contribution is 7.06. The van der Waals surface area contributed by atoms with E-state index in [1.807, 2.05) is 6.92 Å². The van der Waals surface area contributed by atoms with Crippen LogP contribution < -0.4 is 4.90 Å². The molecule has 3 rings (SSSR count). The van der Waals surface area contributed by atoms with Gasteiger partial charge in [-0.15, -0.1) is 10.2 Å². The van der Waals surface area contributed by atoms with Gasteiger partial charge < -0.3 is 10.0 Å². The first-order valence-electron chi connectivity index (χ1n) is 8.13. The molecule has 1 aliphatic rings. The number of hydrogen-bond donors (Lipinski definition) is 1. The number of azo groups is 1. The molecule has 6 nitrogen and oxygen atoms in total. The topological polar surface area (TPSA) is 78.1 Å². The van der Waals surface area contributed by atoms with Gasteiger partial charge in [0.05, 0.1) is 5.69 Å². The Balaban J connectivity index is 2.04. The Morgan fingerprint density at radius 3 is 2.64 bits per heavy atom. The summed E-state index contributed by atoms with van der Waals surface area (Å²) in [6.07, 6.45) is 0. The quantitative estimate of drug-likeness (QED) is 0.784. The number of hydrogen-bond acceptors (Lipinski definition) is 6. The summed E-state index contributed by atoms with van der Waals surface area (Å²) in [4.78, 5) is 14.3. The Morgan fingerprint density at radius 1 is 1.32 bits per heavy atom. The average molecular weight is 358 g/mol. The van der Waals surface area contributed by atoms with E-state index >= 15 is 0 Å². The van der Waals surface area contributed by atoms with Crippen LogP contribution in [0.3, 0.4) is 0 Å². The van der Waals surface area contributed by atoms with Gasteiger partial charge in [-0.2, -0.15) is 4.37 Å². The molecule has 0 aliphatic carbocycles. The average Bonchev–Trinajstić information content (AvgIpc) is 2.98. The third kappa shape index (κ3) is 2.72. The number of benzene rings is 1. The summed E-state index contributed by atoms with van der Waals surface area (Å²) in [6, 6.07) is 4.57. The van der Waals surface area contributed by atoms with Gasteiger partial charge in [-0.05, 0) is 55.6 Å². The highest BCUT2D eigenvalue weighted by atomic mass is 32.1. The smallest absolute Gasteiger partial charge is 0.340 e. The molecule has 1 aliphatic heterocycles. The highest BCUT2D eigenvalue weighted by Crippen LogP contribution is 2.46. The number of nitrogens with zero attached hydrogens (tertiary/aromatic N) is 4. The first kappa shape index (κ1) is 17.5. The van der Waals surface area contributed by atoms with E-state index in [1.165, 1.54) is 11.3 Å². The maximum absolute atomic E-state index is 11.4. The number of carboxylic acids is 1. The largest absolute Gasteiger partial charge is 0.478 e. The predicted octanol–water partition coefficient (Wildman–Crippen LogP) is 4.99. The molecule has 132 valence electrons. The van der Waals surface area contributed by atoms with Crippen LogP contribution in [0.5, 0.6) is 0 Å². The molecule has 1 unspecified atom stereocenters. The van der Waals surface area contributed by atoms with Crippen molar-refractivity contribution >= 4 is 34.7 Å². The van der Waals surface area contributed by atoms with Crippen molar-refractivity contribution in [3.8, 4) is 0 Å². The minimum absolute atomic E-state index is 0.00545. The fourth-order valence-electron chi connectivity index (χ4n) is 3.29. The molecule has 1 aromatic carbocycles. The standard InChI is InChI=1S/C18H22N4O2S/c1-9-7-14-12(18(4,5)11(3)22(14)6)8-13(9)19-20-16-15(17(23)24)10(2)25-21-16/h7-8,11H,1-6H3,(H,23,24). The van der Waals surface area contributed by atoms with Crippen LogP contribution >= 0.6 is 11.5 Å². The second kappa shape index (κ2) is 5.91. The Morgan fingerprint density at radius 2 is 2.00 bits per heavy atom. The minimum Gasteiger partial charge on any atom is -0.478 e. The van der Waals surface area contributed by atoms with E-state index < -0.39 is 5.97 Å². The van der Waals surface area contributed by atoms with Gasteiger partial charge in [0.15, 0.2) is 0 Å². The Bertz CT molecular complexity index is 885. The van der Waals surface area contributed by atoms with Crippen molar-refractivity contribution in [3.05, 3.63) is 33.7 Å². The summed E-state index contributed by atoms with van der Waals surface area (Å²) in [6.45, 7) is 10.4. The number of carbonyl (C=O) groups is 1. The third-order valence-electron chi connectivity index (χ3n) is 5.32. The van der Waals surface area contributed by atoms with E-state index in [0.29, 0.717) is 10.9 Å². The van der Waals surface area contributed by atoms with Crippen molar-refractivity contribution in [2.24, 2.45) is 10.2 Å². The SMILES string of the molecule is Cc1cc2c(cc1N=Nc1nsc(C)c1C(=O)O)C(C)(C)C(C)N2C. The maximum Gasteiger partial charge on any atom is 0.340 e. The maximum atomic E-state index is 11.4. The molecule has 7 heteroatoms. The fourth-order valence-corrected chi connectivity index (χ4v) is 3.91. The van der Waals surface area contributed by atoms with E-state index in [4.69, 9.17) is 0 Å². The lowest BCUT2D eigenvalue weighted by Gasteiger charge is -2.28. The molecule has 1 N–H and O–H groups in total. The lowest BCUT2D eigenvalue weighted by Crippen LogP contribution is -2.36. The van der Waals surface area contributed by atoms with Gasteiger partial charge in [0.1, 0.15) is 5.56 Å². The molecule has 0 bridgehead atoms. The van der Waals surface area contributed by atoms with Gasteiger partial charge in [-0.1, -0.05) is 13.8 Å². The van der Waals surface area contributed by atoms with Crippen molar-refractivity contribution in [2.75, 3.05) is 11.9 Å². The van der Waals surface area contributed by atoms with Crippen LogP contribution in [0.4, 0.5) is 17.2 Å². The number of aromatic carboxylic acids is 1. The van der Waals surface area contributed by atoms with E-state index in [-0.39, 0.29) is 16.8 Å². The lowest BCUT2D eigenvalue weighted by molar-refractivity contribution is 0.0697. The number of aromatic nitrogens is 1. The van der Waals surface area contributed by atoms with Gasteiger partial charge in [-0.3, -0.25) is 0 Å². The Kier molecular flexibility index (Phi) is 4.15. The van der Waals surface area contributed by atoms with E-state index in [1.54, 1.807) is 6.92 Å². The second-order valence-corrected chi connectivity index (χ2v) is 8.08. The molecule has 0 fully saturated rings. The summed E-state index contributed by atoms with van der Waals surface area (Å²) in [5.74, 6) is -0.859. The Labute approximate surface area is 151 Å². The molecular weight excluding hydrogens is 336 g/mol. The molecule has 0 spiro atoms. The van der Waals surface area contributed by atoms with Crippen molar-refractivity contribution in [3.63, 3.8) is 0 Å². The molecule has 0 amide bonds. The van der Waals surface area contributed by atoms with Gasteiger partial charge in [0, 0.05) is 29.1 Å². The zero-order valence-electron chi connectivity index (χ0n) is 15.3. The number of carboxylic acid groups (broad SMARTS) is 1. The Hall–Kier alpha value is -2.28. The van der Waals surface area contributed by atoms with Crippen molar-refractivity contribution in [2.45, 2.75) is 46.1 Å². The number of rotatable bonds is 3. The number of anilines is 1. The second-order valence-electron chi connectivity index (χ2n) is 7.11. The fraction of sp³-hybridized carbons (Fsp3) is 0.444. The van der Waals surface area contributed by atoms with Crippen molar-refractivity contribution < 1.29 is 9.90 Å². The van der Waals surface area contributed by atoms with Crippen LogP contribution in [-0.4, -0.2) is 28.5 Å². The third-order valence-corrected chi connectivity index (χ3v) is 6.07. The molecule has 2 heterocycles. The normalized spacial score (nSPS) is 18.8. The molecule has 0 saturated heterocycles. The molecule has 0 radical (unpaired) electrons. The molecule has 0 saturated carbocycles. The summed E-state index contributed by atoms with van der Waals surface area (Å²) < 4.78 is 4.10. The molecule has 25 heavy (non-hydrogen) atoms. The van der Waals surface area contributed by atoms with E-state index in [9.17, 15) is 9.90 Å². The minimum atomic E-state index is -1.03. The van der Waals surface area contributed by atoms with Crippen LogP contribution in [-0.2, 0) is 5.41 Å². The van der Waals surface area contributed by atoms with E-state index in [0.717, 1.165) is 22.8 Å². The zero-order valence-corrected chi connectivity index (χ0v) is 16.1. The van der Waals surface area contributed by atoms with Gasteiger partial charge >= 0.3 is 5.97 Å². The van der Waals surface area contributed by atoms with Crippen molar-refractivity contribution in [1.82, 2.24) is 4.37 Å². The summed E-state index contributed by atoms with van der Waals surface area (Å²) in [7, 11) is 2.11. The first-order chi connectivity index (χ1) is 11.6. The zero-order chi connectivity index (χ0) is 18.5. The van der Waals surface area contributed by atoms with Crippen LogP contribution in [0.2, 0.25) is 0 Å². The lowest BCUT2D eigenvalue weighted by atomic mass is 9.81. The highest BCUT2D eigenvalue weighted by Gasteiger charge is 2.40.